The van der Waals surface area contributed by atoms with Crippen molar-refractivity contribution in [3.05, 3.63) is 53.6 Å². The van der Waals surface area contributed by atoms with Crippen molar-refractivity contribution in [1.29, 1.82) is 5.41 Å². The van der Waals surface area contributed by atoms with E-state index in [9.17, 15) is 14.4 Å². The van der Waals surface area contributed by atoms with Crippen molar-refractivity contribution in [2.45, 2.75) is 19.4 Å². The van der Waals surface area contributed by atoms with Gasteiger partial charge in [-0.2, -0.15) is 0 Å². The zero-order chi connectivity index (χ0) is 28.8. The van der Waals surface area contributed by atoms with E-state index < -0.39 is 12.0 Å². The lowest BCUT2D eigenvalue weighted by molar-refractivity contribution is -0.144. The fraction of sp³-hybridized carbons (Fsp3) is 0.448. The molecule has 3 heterocycles. The number of carbonyl (C=O) groups excluding carboxylic acids is 3. The van der Waals surface area contributed by atoms with Crippen LogP contribution >= 0.6 is 0 Å². The van der Waals surface area contributed by atoms with Crippen LogP contribution in [-0.4, -0.2) is 99.3 Å². The Labute approximate surface area is 238 Å². The highest BCUT2D eigenvalue weighted by Gasteiger charge is 2.28. The number of carbonyl (C=O) groups is 3. The van der Waals surface area contributed by atoms with Crippen LogP contribution in [0.4, 0.5) is 5.69 Å². The molecule has 3 aliphatic rings. The Kier molecular flexibility index (Phi) is 8.88. The molecule has 0 radical (unpaired) electrons. The first kappa shape index (κ1) is 28.2. The van der Waals surface area contributed by atoms with Crippen molar-refractivity contribution in [2.24, 2.45) is 0 Å². The molecular weight excluding hydrogens is 530 g/mol. The average Bonchev–Trinajstić information content (AvgIpc) is 3.46. The highest BCUT2D eigenvalue weighted by molar-refractivity contribution is 5.97. The van der Waals surface area contributed by atoms with E-state index in [-0.39, 0.29) is 44.7 Å². The number of hydrogen-bond acceptors (Lipinski definition) is 9. The summed E-state index contributed by atoms with van der Waals surface area (Å²) in [6.45, 7) is 5.68. The standard InChI is InChI=1S/C29H35N5O7/c1-2-39-28(37)16-23(21-5-8-24-25(15-21)41-19-40-24)31-26(35)17-34-10-9-33(18-27(34)36)22-6-3-20(4-7-22)29(30)32-11-13-38-14-12-32/h3-8,15,23,30H,2,9-14,16-19H2,1H3,(H,31,35). The van der Waals surface area contributed by atoms with E-state index in [1.165, 1.54) is 4.90 Å². The maximum absolute atomic E-state index is 13.0. The predicted molar refractivity (Wildman–Crippen MR) is 149 cm³/mol. The topological polar surface area (TPSA) is 134 Å². The quantitative estimate of drug-likeness (QED) is 0.264. The van der Waals surface area contributed by atoms with Crippen LogP contribution in [-0.2, 0) is 23.9 Å². The van der Waals surface area contributed by atoms with E-state index in [2.05, 4.69) is 5.32 Å². The largest absolute Gasteiger partial charge is 0.466 e. The third kappa shape index (κ3) is 6.88. The first-order valence-corrected chi connectivity index (χ1v) is 13.8. The first-order valence-electron chi connectivity index (χ1n) is 13.8. The molecule has 1 unspecified atom stereocenters. The van der Waals surface area contributed by atoms with Gasteiger partial charge in [0.25, 0.3) is 0 Å². The highest BCUT2D eigenvalue weighted by Crippen LogP contribution is 2.35. The molecule has 12 heteroatoms. The van der Waals surface area contributed by atoms with E-state index >= 15 is 0 Å². The minimum atomic E-state index is -0.651. The van der Waals surface area contributed by atoms with Gasteiger partial charge in [0.1, 0.15) is 5.84 Å². The van der Waals surface area contributed by atoms with Crippen LogP contribution < -0.4 is 19.7 Å². The van der Waals surface area contributed by atoms with Gasteiger partial charge in [-0.15, -0.1) is 0 Å². The zero-order valence-electron chi connectivity index (χ0n) is 23.1. The Hall–Kier alpha value is -4.32. The molecule has 5 rings (SSSR count). The fourth-order valence-electron chi connectivity index (χ4n) is 5.08. The molecule has 0 bridgehead atoms. The summed E-state index contributed by atoms with van der Waals surface area (Å²) in [5.74, 6) is 0.637. The van der Waals surface area contributed by atoms with Crippen molar-refractivity contribution < 1.29 is 33.3 Å². The van der Waals surface area contributed by atoms with Gasteiger partial charge in [0, 0.05) is 37.4 Å². The van der Waals surface area contributed by atoms with E-state index in [4.69, 9.17) is 24.4 Å². The molecule has 0 spiro atoms. The number of esters is 1. The molecule has 0 aromatic heterocycles. The van der Waals surface area contributed by atoms with E-state index in [1.54, 1.807) is 25.1 Å². The number of morpholine rings is 1. The maximum Gasteiger partial charge on any atom is 0.308 e. The molecule has 0 aliphatic carbocycles. The summed E-state index contributed by atoms with van der Waals surface area (Å²) < 4.78 is 21.3. The number of fused-ring (bicyclic) bond motifs is 1. The van der Waals surface area contributed by atoms with Crippen LogP contribution in [0.5, 0.6) is 11.5 Å². The number of benzene rings is 2. The lowest BCUT2D eigenvalue weighted by atomic mass is 10.0. The Morgan fingerprint density at radius 1 is 1.02 bits per heavy atom. The van der Waals surface area contributed by atoms with Gasteiger partial charge >= 0.3 is 5.97 Å². The second-order valence-electron chi connectivity index (χ2n) is 9.97. The molecule has 2 aromatic carbocycles. The average molecular weight is 566 g/mol. The Bertz CT molecular complexity index is 1280. The SMILES string of the molecule is CCOC(=O)CC(NC(=O)CN1CCN(c2ccc(C(=N)N3CCOCC3)cc2)CC1=O)c1ccc2c(c1)OCO2. The van der Waals surface area contributed by atoms with Crippen molar-refractivity contribution in [3.63, 3.8) is 0 Å². The van der Waals surface area contributed by atoms with Gasteiger partial charge in [0.05, 0.1) is 45.4 Å². The van der Waals surface area contributed by atoms with Crippen molar-refractivity contribution in [3.8, 4) is 11.5 Å². The summed E-state index contributed by atoms with van der Waals surface area (Å²) in [5, 5.41) is 11.4. The van der Waals surface area contributed by atoms with Gasteiger partial charge in [-0.1, -0.05) is 6.07 Å². The number of amidine groups is 1. The smallest absolute Gasteiger partial charge is 0.308 e. The van der Waals surface area contributed by atoms with Gasteiger partial charge in [-0.3, -0.25) is 19.8 Å². The molecule has 2 amide bonds. The van der Waals surface area contributed by atoms with Gasteiger partial charge in [-0.25, -0.2) is 0 Å². The van der Waals surface area contributed by atoms with Crippen LogP contribution in [0.25, 0.3) is 0 Å². The van der Waals surface area contributed by atoms with Gasteiger partial charge in [-0.05, 0) is 48.9 Å². The number of nitrogens with zero attached hydrogens (tertiary/aromatic N) is 3. The van der Waals surface area contributed by atoms with Crippen molar-refractivity contribution >= 4 is 29.3 Å². The molecular formula is C29H35N5O7. The monoisotopic (exact) mass is 565 g/mol. The van der Waals surface area contributed by atoms with E-state index in [0.29, 0.717) is 62.3 Å². The summed E-state index contributed by atoms with van der Waals surface area (Å²) >= 11 is 0. The summed E-state index contributed by atoms with van der Waals surface area (Å²) in [6.07, 6.45) is -0.0556. The lowest BCUT2D eigenvalue weighted by Gasteiger charge is -2.35. The van der Waals surface area contributed by atoms with Crippen LogP contribution in [0.15, 0.2) is 42.5 Å². The number of rotatable bonds is 9. The minimum absolute atomic E-state index is 0.0556. The molecule has 0 saturated carbocycles. The number of anilines is 1. The summed E-state index contributed by atoms with van der Waals surface area (Å²) in [6, 6.07) is 12.2. The summed E-state index contributed by atoms with van der Waals surface area (Å²) in [4.78, 5) is 43.8. The lowest BCUT2D eigenvalue weighted by Crippen LogP contribution is -2.53. The van der Waals surface area contributed by atoms with Crippen LogP contribution in [0.3, 0.4) is 0 Å². The van der Waals surface area contributed by atoms with E-state index in [0.717, 1.165) is 11.3 Å². The number of amides is 2. The minimum Gasteiger partial charge on any atom is -0.466 e. The molecule has 2 N–H and O–H groups in total. The number of piperazine rings is 1. The summed E-state index contributed by atoms with van der Waals surface area (Å²) in [5.41, 5.74) is 2.38. The molecule has 1 atom stereocenters. The Morgan fingerprint density at radius 2 is 1.78 bits per heavy atom. The Morgan fingerprint density at radius 3 is 2.51 bits per heavy atom. The van der Waals surface area contributed by atoms with Crippen LogP contribution in [0.2, 0.25) is 0 Å². The molecule has 41 heavy (non-hydrogen) atoms. The maximum atomic E-state index is 13.0. The number of ether oxygens (including phenoxy) is 4. The molecule has 12 nitrogen and oxygen atoms in total. The third-order valence-corrected chi connectivity index (χ3v) is 7.30. The first-order chi connectivity index (χ1) is 19.9. The summed E-state index contributed by atoms with van der Waals surface area (Å²) in [7, 11) is 0. The van der Waals surface area contributed by atoms with Crippen molar-refractivity contribution in [1.82, 2.24) is 15.1 Å². The molecule has 2 fully saturated rings. The predicted octanol–water partition coefficient (Wildman–Crippen LogP) is 1.53. The van der Waals surface area contributed by atoms with Crippen LogP contribution in [0.1, 0.15) is 30.5 Å². The third-order valence-electron chi connectivity index (χ3n) is 7.30. The van der Waals surface area contributed by atoms with Crippen LogP contribution in [0, 0.1) is 5.41 Å². The molecule has 2 saturated heterocycles. The van der Waals surface area contributed by atoms with E-state index in [1.807, 2.05) is 34.1 Å². The number of nitrogens with one attached hydrogen (secondary N) is 2. The molecule has 218 valence electrons. The van der Waals surface area contributed by atoms with Gasteiger partial charge in [0.2, 0.25) is 18.6 Å². The fourth-order valence-corrected chi connectivity index (χ4v) is 5.08. The zero-order valence-corrected chi connectivity index (χ0v) is 23.1. The van der Waals surface area contributed by atoms with Crippen molar-refractivity contribution in [2.75, 3.05) is 70.8 Å². The second kappa shape index (κ2) is 12.9. The normalized spacial score (nSPS) is 17.3. The van der Waals surface area contributed by atoms with Gasteiger partial charge < -0.3 is 39.0 Å². The molecule has 2 aromatic rings. The van der Waals surface area contributed by atoms with Gasteiger partial charge in [0.15, 0.2) is 11.5 Å². The Balaban J connectivity index is 1.17. The molecule has 3 aliphatic heterocycles. The number of hydrogen-bond donors (Lipinski definition) is 2. The highest BCUT2D eigenvalue weighted by atomic mass is 16.7. The second-order valence-corrected chi connectivity index (χ2v) is 9.97.